The van der Waals surface area contributed by atoms with Gasteiger partial charge in [-0.05, 0) is 29.7 Å². The molecule has 0 fully saturated rings. The maximum Gasteiger partial charge on any atom is 0.142 e. The Morgan fingerprint density at radius 2 is 2.07 bits per heavy atom. The van der Waals surface area contributed by atoms with Crippen LogP contribution in [0.4, 0.5) is 4.39 Å². The molecule has 1 aromatic rings. The van der Waals surface area contributed by atoms with E-state index in [-0.39, 0.29) is 10.8 Å². The summed E-state index contributed by atoms with van der Waals surface area (Å²) in [5.74, 6) is -0.167. The van der Waals surface area contributed by atoms with Crippen molar-refractivity contribution in [3.05, 3.63) is 40.7 Å². The Hall–Kier alpha value is -1.15. The molecule has 0 aliphatic heterocycles. The Kier molecular flexibility index (Phi) is 2.87. The van der Waals surface area contributed by atoms with Crippen LogP contribution in [0, 0.1) is 5.82 Å². The molecule has 3 heteroatoms. The van der Waals surface area contributed by atoms with Crippen LogP contribution in [-0.2, 0) is 4.79 Å². The van der Waals surface area contributed by atoms with E-state index < -0.39 is 5.82 Å². The summed E-state index contributed by atoms with van der Waals surface area (Å²) in [6.07, 6.45) is 3.57. The standard InChI is InChI=1S/C12H10ClFO/c13-11-6-3-9(7-12(11)14)8-1-4-10(15)5-2-8/h1,3,6-7H,2,4-5H2. The van der Waals surface area contributed by atoms with Crippen molar-refractivity contribution in [2.24, 2.45) is 0 Å². The lowest BCUT2D eigenvalue weighted by Gasteiger charge is -2.12. The van der Waals surface area contributed by atoms with Gasteiger partial charge in [-0.25, -0.2) is 4.39 Å². The summed E-state index contributed by atoms with van der Waals surface area (Å²) in [5.41, 5.74) is 1.86. The summed E-state index contributed by atoms with van der Waals surface area (Å²) in [6, 6.07) is 4.75. The number of rotatable bonds is 1. The summed E-state index contributed by atoms with van der Waals surface area (Å²) >= 11 is 5.59. The Morgan fingerprint density at radius 3 is 2.67 bits per heavy atom. The zero-order valence-corrected chi connectivity index (χ0v) is 8.85. The van der Waals surface area contributed by atoms with Crippen molar-refractivity contribution < 1.29 is 9.18 Å². The molecule has 0 N–H and O–H groups in total. The number of allylic oxidation sites excluding steroid dienone is 2. The Bertz CT molecular complexity index is 437. The van der Waals surface area contributed by atoms with Crippen LogP contribution in [0.25, 0.3) is 5.57 Å². The van der Waals surface area contributed by atoms with Crippen LogP contribution in [0.3, 0.4) is 0 Å². The molecule has 1 nitrogen and oxygen atoms in total. The van der Waals surface area contributed by atoms with Crippen LogP contribution < -0.4 is 0 Å². The number of hydrogen-bond donors (Lipinski definition) is 0. The molecule has 1 aliphatic carbocycles. The van der Waals surface area contributed by atoms with Gasteiger partial charge in [0.1, 0.15) is 11.6 Å². The van der Waals surface area contributed by atoms with Crippen LogP contribution in [0.1, 0.15) is 24.8 Å². The summed E-state index contributed by atoms with van der Waals surface area (Å²) in [4.78, 5) is 11.0. The third kappa shape index (κ3) is 2.26. The quantitative estimate of drug-likeness (QED) is 0.712. The topological polar surface area (TPSA) is 17.1 Å². The third-order valence-corrected chi connectivity index (χ3v) is 2.85. The van der Waals surface area contributed by atoms with Gasteiger partial charge in [0, 0.05) is 12.8 Å². The van der Waals surface area contributed by atoms with Gasteiger partial charge in [-0.15, -0.1) is 0 Å². The van der Waals surface area contributed by atoms with Gasteiger partial charge >= 0.3 is 0 Å². The number of halogens is 2. The van der Waals surface area contributed by atoms with E-state index in [9.17, 15) is 9.18 Å². The van der Waals surface area contributed by atoms with Gasteiger partial charge in [-0.2, -0.15) is 0 Å². The number of hydrogen-bond acceptors (Lipinski definition) is 1. The summed E-state index contributed by atoms with van der Waals surface area (Å²) < 4.78 is 13.2. The molecule has 0 amide bonds. The van der Waals surface area contributed by atoms with Crippen molar-refractivity contribution in [2.45, 2.75) is 19.3 Å². The Balaban J connectivity index is 2.30. The molecule has 0 unspecified atom stereocenters. The predicted molar refractivity (Wildman–Crippen MR) is 58.2 cm³/mol. The molecule has 0 heterocycles. The molecule has 1 aromatic carbocycles. The molecule has 0 atom stereocenters. The highest BCUT2D eigenvalue weighted by molar-refractivity contribution is 6.30. The van der Waals surface area contributed by atoms with Crippen LogP contribution in [0.15, 0.2) is 24.3 Å². The van der Waals surface area contributed by atoms with E-state index >= 15 is 0 Å². The Labute approximate surface area is 92.6 Å². The monoisotopic (exact) mass is 224 g/mol. The number of benzene rings is 1. The van der Waals surface area contributed by atoms with Crippen LogP contribution in [0.2, 0.25) is 5.02 Å². The largest absolute Gasteiger partial charge is 0.299 e. The average Bonchev–Trinajstić information content (AvgIpc) is 2.23. The summed E-state index contributed by atoms with van der Waals surface area (Å²) in [5, 5.41) is 0.131. The number of carbonyl (C=O) groups is 1. The maximum absolute atomic E-state index is 13.2. The molecule has 0 radical (unpaired) electrons. The van der Waals surface area contributed by atoms with E-state index in [1.54, 1.807) is 12.1 Å². The van der Waals surface area contributed by atoms with Gasteiger partial charge in [-0.1, -0.05) is 23.7 Å². The van der Waals surface area contributed by atoms with Crippen molar-refractivity contribution in [1.29, 1.82) is 0 Å². The number of ketones is 1. The lowest BCUT2D eigenvalue weighted by Crippen LogP contribution is -2.03. The molecule has 78 valence electrons. The van der Waals surface area contributed by atoms with Crippen molar-refractivity contribution in [1.82, 2.24) is 0 Å². The molecule has 0 saturated carbocycles. The second-order valence-corrected chi connectivity index (χ2v) is 4.01. The fourth-order valence-corrected chi connectivity index (χ4v) is 1.79. The van der Waals surface area contributed by atoms with Crippen molar-refractivity contribution in [3.8, 4) is 0 Å². The highest BCUT2D eigenvalue weighted by Gasteiger charge is 2.12. The van der Waals surface area contributed by atoms with E-state index in [4.69, 9.17) is 11.6 Å². The summed E-state index contributed by atoms with van der Waals surface area (Å²) in [7, 11) is 0. The average molecular weight is 225 g/mol. The smallest absolute Gasteiger partial charge is 0.142 e. The van der Waals surface area contributed by atoms with E-state index in [0.29, 0.717) is 19.3 Å². The lowest BCUT2D eigenvalue weighted by atomic mass is 9.93. The molecule has 0 aromatic heterocycles. The normalized spacial score (nSPS) is 16.4. The number of Topliss-reactive ketones (excluding diaryl/α,β-unsaturated/α-hetero) is 1. The van der Waals surface area contributed by atoms with Crippen molar-refractivity contribution in [2.75, 3.05) is 0 Å². The maximum atomic E-state index is 13.2. The first kappa shape index (κ1) is 10.4. The second kappa shape index (κ2) is 4.15. The van der Waals surface area contributed by atoms with E-state index in [1.165, 1.54) is 6.07 Å². The number of carbonyl (C=O) groups excluding carboxylic acids is 1. The SMILES string of the molecule is O=C1CC=C(c2ccc(Cl)c(F)c2)CC1. The minimum Gasteiger partial charge on any atom is -0.299 e. The van der Waals surface area contributed by atoms with E-state index in [1.807, 2.05) is 6.08 Å². The first-order valence-electron chi connectivity index (χ1n) is 4.83. The first-order chi connectivity index (χ1) is 7.16. The van der Waals surface area contributed by atoms with Gasteiger partial charge in [-0.3, -0.25) is 4.79 Å². The van der Waals surface area contributed by atoms with Crippen LogP contribution in [-0.4, -0.2) is 5.78 Å². The molecule has 0 spiro atoms. The molecule has 15 heavy (non-hydrogen) atoms. The molecule has 2 rings (SSSR count). The molecular weight excluding hydrogens is 215 g/mol. The molecular formula is C12H10ClFO. The lowest BCUT2D eigenvalue weighted by molar-refractivity contribution is -0.118. The van der Waals surface area contributed by atoms with Gasteiger partial charge in [0.15, 0.2) is 0 Å². The van der Waals surface area contributed by atoms with Crippen molar-refractivity contribution >= 4 is 23.0 Å². The van der Waals surface area contributed by atoms with Crippen LogP contribution >= 0.6 is 11.6 Å². The highest BCUT2D eigenvalue weighted by atomic mass is 35.5. The minimum absolute atomic E-state index is 0.131. The van der Waals surface area contributed by atoms with Gasteiger partial charge in [0.25, 0.3) is 0 Å². The first-order valence-corrected chi connectivity index (χ1v) is 5.21. The zero-order chi connectivity index (χ0) is 10.8. The minimum atomic E-state index is -0.410. The zero-order valence-electron chi connectivity index (χ0n) is 8.09. The highest BCUT2D eigenvalue weighted by Crippen LogP contribution is 2.27. The Morgan fingerprint density at radius 1 is 1.27 bits per heavy atom. The van der Waals surface area contributed by atoms with E-state index in [2.05, 4.69) is 0 Å². The summed E-state index contributed by atoms with van der Waals surface area (Å²) in [6.45, 7) is 0. The second-order valence-electron chi connectivity index (χ2n) is 3.60. The fraction of sp³-hybridized carbons (Fsp3) is 0.250. The van der Waals surface area contributed by atoms with E-state index in [0.717, 1.165) is 11.1 Å². The van der Waals surface area contributed by atoms with Crippen LogP contribution in [0.5, 0.6) is 0 Å². The molecule has 0 saturated heterocycles. The van der Waals surface area contributed by atoms with Gasteiger partial charge < -0.3 is 0 Å². The van der Waals surface area contributed by atoms with Gasteiger partial charge in [0.05, 0.1) is 5.02 Å². The predicted octanol–water partition coefficient (Wildman–Crippen LogP) is 3.62. The third-order valence-electron chi connectivity index (χ3n) is 2.54. The van der Waals surface area contributed by atoms with Crippen molar-refractivity contribution in [3.63, 3.8) is 0 Å². The fourth-order valence-electron chi connectivity index (χ4n) is 1.67. The molecule has 0 bridgehead atoms. The molecule has 1 aliphatic rings. The van der Waals surface area contributed by atoms with Gasteiger partial charge in [0.2, 0.25) is 0 Å².